The molecule has 17 heavy (non-hydrogen) atoms. The number of nitrogens with two attached hydrogens (primary N) is 1. The number of nitrogens with one attached hydrogen (secondary N) is 1. The van der Waals surface area contributed by atoms with Crippen LogP contribution in [-0.2, 0) is 11.2 Å². The lowest BCUT2D eigenvalue weighted by Crippen LogP contribution is -2.45. The maximum atomic E-state index is 11.7. The summed E-state index contributed by atoms with van der Waals surface area (Å²) in [6, 6.07) is 3.69. The van der Waals surface area contributed by atoms with E-state index in [9.17, 15) is 4.79 Å². The monoisotopic (exact) mass is 318 g/mol. The lowest BCUT2D eigenvalue weighted by Gasteiger charge is -2.17. The molecule has 0 spiro atoms. The number of hydrogen-bond donors (Lipinski definition) is 2. The van der Waals surface area contributed by atoms with Crippen LogP contribution < -0.4 is 11.1 Å². The molecule has 0 bridgehead atoms. The number of amides is 1. The number of hydrogen-bond acceptors (Lipinski definition) is 3. The van der Waals surface area contributed by atoms with Gasteiger partial charge < -0.3 is 11.1 Å². The average molecular weight is 319 g/mol. The van der Waals surface area contributed by atoms with Crippen molar-refractivity contribution in [3.8, 4) is 0 Å². The molecule has 1 aromatic heterocycles. The minimum atomic E-state index is -0.393. The highest BCUT2D eigenvalue weighted by molar-refractivity contribution is 9.11. The second kappa shape index (κ2) is 7.13. The molecule has 0 aliphatic rings. The first-order valence-corrected chi connectivity index (χ1v) is 7.43. The van der Waals surface area contributed by atoms with Gasteiger partial charge in [0.2, 0.25) is 5.91 Å². The summed E-state index contributed by atoms with van der Waals surface area (Å²) in [6.45, 7) is 4.69. The number of carbonyl (C=O) groups is 1. The number of carbonyl (C=O) groups excluding carboxylic acids is 1. The first-order valence-electron chi connectivity index (χ1n) is 5.82. The normalized spacial score (nSPS) is 14.4. The van der Waals surface area contributed by atoms with Crippen LogP contribution in [0.4, 0.5) is 0 Å². The van der Waals surface area contributed by atoms with Crippen LogP contribution in [0.15, 0.2) is 15.9 Å². The van der Waals surface area contributed by atoms with E-state index in [4.69, 9.17) is 5.73 Å². The van der Waals surface area contributed by atoms with Gasteiger partial charge in [0, 0.05) is 11.4 Å². The highest BCUT2D eigenvalue weighted by Gasteiger charge is 2.18. The van der Waals surface area contributed by atoms with Crippen molar-refractivity contribution in [1.82, 2.24) is 5.32 Å². The Bertz CT molecular complexity index is 367. The third kappa shape index (κ3) is 4.77. The smallest absolute Gasteiger partial charge is 0.237 e. The molecule has 5 heteroatoms. The standard InChI is InChI=1S/C12H19BrN2OS/c1-3-8(2)11(14)12(16)15-7-6-9-4-5-10(13)17-9/h4-5,8,11H,3,6-7,14H2,1-2H3,(H,15,16)/t8-,11-/m0/s1. The van der Waals surface area contributed by atoms with Crippen LogP contribution in [0.2, 0.25) is 0 Å². The fourth-order valence-corrected chi connectivity index (χ4v) is 2.91. The third-order valence-electron chi connectivity index (χ3n) is 2.86. The fraction of sp³-hybridized carbons (Fsp3) is 0.583. The molecule has 0 radical (unpaired) electrons. The maximum absolute atomic E-state index is 11.7. The first kappa shape index (κ1) is 14.7. The van der Waals surface area contributed by atoms with Crippen molar-refractivity contribution in [2.75, 3.05) is 6.54 Å². The zero-order chi connectivity index (χ0) is 12.8. The van der Waals surface area contributed by atoms with Gasteiger partial charge >= 0.3 is 0 Å². The van der Waals surface area contributed by atoms with Gasteiger partial charge in [-0.2, -0.15) is 0 Å². The van der Waals surface area contributed by atoms with Gasteiger partial charge in [0.15, 0.2) is 0 Å². The molecule has 0 aromatic carbocycles. The Hall–Kier alpha value is -0.390. The molecule has 0 saturated heterocycles. The van der Waals surface area contributed by atoms with Gasteiger partial charge in [0.05, 0.1) is 9.83 Å². The van der Waals surface area contributed by atoms with E-state index in [2.05, 4.69) is 27.3 Å². The molecule has 3 nitrogen and oxygen atoms in total. The molecule has 3 N–H and O–H groups in total. The molecule has 0 aliphatic heterocycles. The van der Waals surface area contributed by atoms with E-state index in [1.165, 1.54) is 4.88 Å². The van der Waals surface area contributed by atoms with Crippen molar-refractivity contribution in [3.63, 3.8) is 0 Å². The van der Waals surface area contributed by atoms with Gasteiger partial charge in [-0.3, -0.25) is 4.79 Å². The Labute approximate surface area is 115 Å². The largest absolute Gasteiger partial charge is 0.354 e. The molecule has 0 fully saturated rings. The number of thiophene rings is 1. The van der Waals surface area contributed by atoms with Gasteiger partial charge in [-0.05, 0) is 40.4 Å². The molecular formula is C12H19BrN2OS. The summed E-state index contributed by atoms with van der Waals surface area (Å²) in [5, 5.41) is 2.88. The van der Waals surface area contributed by atoms with Crippen molar-refractivity contribution in [2.24, 2.45) is 11.7 Å². The van der Waals surface area contributed by atoms with Crippen molar-refractivity contribution in [2.45, 2.75) is 32.7 Å². The summed E-state index contributed by atoms with van der Waals surface area (Å²) < 4.78 is 1.12. The van der Waals surface area contributed by atoms with Crippen molar-refractivity contribution < 1.29 is 4.79 Å². The SMILES string of the molecule is CC[C@H](C)[C@H](N)C(=O)NCCc1ccc(Br)s1. The average Bonchev–Trinajstić information content (AvgIpc) is 2.72. The Balaban J connectivity index is 2.29. The molecule has 1 heterocycles. The Kier molecular flexibility index (Phi) is 6.16. The predicted octanol–water partition coefficient (Wildman–Crippen LogP) is 2.54. The first-order chi connectivity index (χ1) is 8.04. The lowest BCUT2D eigenvalue weighted by atomic mass is 9.99. The zero-order valence-electron chi connectivity index (χ0n) is 10.2. The molecule has 1 aromatic rings. The van der Waals surface area contributed by atoms with Crippen LogP contribution in [0.3, 0.4) is 0 Å². The third-order valence-corrected chi connectivity index (χ3v) is 4.54. The molecule has 0 aliphatic carbocycles. The molecule has 2 atom stereocenters. The summed E-state index contributed by atoms with van der Waals surface area (Å²) >= 11 is 5.11. The van der Waals surface area contributed by atoms with E-state index in [1.54, 1.807) is 11.3 Å². The highest BCUT2D eigenvalue weighted by Crippen LogP contribution is 2.22. The van der Waals surface area contributed by atoms with Crippen LogP contribution in [0.25, 0.3) is 0 Å². The lowest BCUT2D eigenvalue weighted by molar-refractivity contribution is -0.123. The molecule has 1 amide bonds. The molecule has 0 saturated carbocycles. The topological polar surface area (TPSA) is 55.1 Å². The minimum Gasteiger partial charge on any atom is -0.354 e. The molecular weight excluding hydrogens is 300 g/mol. The fourth-order valence-electron chi connectivity index (χ4n) is 1.43. The van der Waals surface area contributed by atoms with Crippen molar-refractivity contribution >= 4 is 33.2 Å². The van der Waals surface area contributed by atoms with E-state index >= 15 is 0 Å². The summed E-state index contributed by atoms with van der Waals surface area (Å²) in [5.74, 6) is 0.181. The molecule has 96 valence electrons. The van der Waals surface area contributed by atoms with Crippen LogP contribution in [0.5, 0.6) is 0 Å². The van der Waals surface area contributed by atoms with Gasteiger partial charge in [-0.25, -0.2) is 0 Å². The molecule has 0 unspecified atom stereocenters. The van der Waals surface area contributed by atoms with Crippen LogP contribution in [0, 0.1) is 5.92 Å². The van der Waals surface area contributed by atoms with E-state index in [0.717, 1.165) is 16.6 Å². The van der Waals surface area contributed by atoms with E-state index in [1.807, 2.05) is 19.9 Å². The van der Waals surface area contributed by atoms with E-state index in [0.29, 0.717) is 6.54 Å². The van der Waals surface area contributed by atoms with Crippen LogP contribution >= 0.6 is 27.3 Å². The summed E-state index contributed by atoms with van der Waals surface area (Å²) in [5.41, 5.74) is 5.84. The van der Waals surface area contributed by atoms with Gasteiger partial charge in [0.1, 0.15) is 0 Å². The summed E-state index contributed by atoms with van der Waals surface area (Å²) in [7, 11) is 0. The summed E-state index contributed by atoms with van der Waals surface area (Å²) in [4.78, 5) is 13.0. The summed E-state index contributed by atoms with van der Waals surface area (Å²) in [6.07, 6.45) is 1.78. The number of rotatable bonds is 6. The Morgan fingerprint density at radius 2 is 2.29 bits per heavy atom. The number of halogens is 1. The quantitative estimate of drug-likeness (QED) is 0.847. The Morgan fingerprint density at radius 3 is 2.82 bits per heavy atom. The minimum absolute atomic E-state index is 0.0463. The predicted molar refractivity (Wildman–Crippen MR) is 76.2 cm³/mol. The van der Waals surface area contributed by atoms with Gasteiger partial charge in [-0.1, -0.05) is 20.3 Å². The Morgan fingerprint density at radius 1 is 1.59 bits per heavy atom. The van der Waals surface area contributed by atoms with Crippen LogP contribution in [-0.4, -0.2) is 18.5 Å². The highest BCUT2D eigenvalue weighted by atomic mass is 79.9. The van der Waals surface area contributed by atoms with Gasteiger partial charge in [0.25, 0.3) is 0 Å². The zero-order valence-corrected chi connectivity index (χ0v) is 12.6. The maximum Gasteiger partial charge on any atom is 0.237 e. The van der Waals surface area contributed by atoms with E-state index < -0.39 is 6.04 Å². The van der Waals surface area contributed by atoms with Crippen molar-refractivity contribution in [1.29, 1.82) is 0 Å². The van der Waals surface area contributed by atoms with Crippen molar-refractivity contribution in [3.05, 3.63) is 20.8 Å². The van der Waals surface area contributed by atoms with E-state index in [-0.39, 0.29) is 11.8 Å². The molecule has 1 rings (SSSR count). The van der Waals surface area contributed by atoms with Gasteiger partial charge in [-0.15, -0.1) is 11.3 Å². The second-order valence-electron chi connectivity index (χ2n) is 4.16. The second-order valence-corrected chi connectivity index (χ2v) is 6.71. The van der Waals surface area contributed by atoms with Crippen LogP contribution in [0.1, 0.15) is 25.1 Å².